The Labute approximate surface area is 365 Å². The second kappa shape index (κ2) is 13.8. The third-order valence-electron chi connectivity index (χ3n) is 12.8. The maximum atomic E-state index is 5.31. The van der Waals surface area contributed by atoms with E-state index in [9.17, 15) is 0 Å². The van der Waals surface area contributed by atoms with Crippen LogP contribution in [-0.4, -0.2) is 28.7 Å². The van der Waals surface area contributed by atoms with Crippen LogP contribution in [0, 0.1) is 41.5 Å². The number of nitrogens with zero attached hydrogens (tertiary/aromatic N) is 6. The summed E-state index contributed by atoms with van der Waals surface area (Å²) in [6.07, 6.45) is 0. The number of benzene rings is 8. The van der Waals surface area contributed by atoms with Gasteiger partial charge in [0.2, 0.25) is 5.95 Å². The highest BCUT2D eigenvalue weighted by Gasteiger charge is 2.22. The van der Waals surface area contributed by atoms with E-state index in [1.54, 1.807) is 0 Å². The van der Waals surface area contributed by atoms with Crippen LogP contribution in [0.2, 0.25) is 0 Å². The Hall–Kier alpha value is -7.83. The molecule has 0 aliphatic rings. The third kappa shape index (κ3) is 5.89. The molecular weight excluding hydrogens is 769 g/mol. The molecule has 0 saturated heterocycles. The van der Waals surface area contributed by atoms with E-state index in [1.807, 2.05) is 0 Å². The Morgan fingerprint density at radius 1 is 0.286 bits per heavy atom. The highest BCUT2D eigenvalue weighted by molar-refractivity contribution is 6.14. The number of fused-ring (bicyclic) bond motifs is 9. The summed E-state index contributed by atoms with van der Waals surface area (Å²) in [5.41, 5.74) is 18.1. The molecule has 0 fully saturated rings. The van der Waals surface area contributed by atoms with Gasteiger partial charge in [-0.05, 0) is 139 Å². The molecule has 6 heteroatoms. The maximum absolute atomic E-state index is 5.31. The molecule has 63 heavy (non-hydrogen) atoms. The van der Waals surface area contributed by atoms with Gasteiger partial charge in [-0.1, -0.05) is 94.0 Å². The summed E-state index contributed by atoms with van der Waals surface area (Å²) in [7, 11) is 0. The molecule has 4 heterocycles. The van der Waals surface area contributed by atoms with Crippen molar-refractivity contribution in [3.05, 3.63) is 191 Å². The van der Waals surface area contributed by atoms with E-state index < -0.39 is 0 Å². The van der Waals surface area contributed by atoms with Gasteiger partial charge in [0, 0.05) is 54.8 Å². The van der Waals surface area contributed by atoms with Crippen molar-refractivity contribution in [2.75, 3.05) is 0 Å². The van der Waals surface area contributed by atoms with Crippen LogP contribution in [0.4, 0.5) is 0 Å². The van der Waals surface area contributed by atoms with Crippen LogP contribution in [-0.2, 0) is 0 Å². The summed E-state index contributed by atoms with van der Waals surface area (Å²) < 4.78 is 7.07. The fourth-order valence-corrected chi connectivity index (χ4v) is 9.84. The maximum Gasteiger partial charge on any atom is 0.238 e. The molecule has 0 atom stereocenters. The second-order valence-electron chi connectivity index (χ2n) is 17.5. The zero-order chi connectivity index (χ0) is 42.7. The predicted molar refractivity (Wildman–Crippen MR) is 262 cm³/mol. The standard InChI is InChI=1S/C57H44N6/c1-33-9-7-11-39(25-33)55-58-56(40-12-8-10-34(2)26-40)60-57(59-55)63-53-23-17-41(61-49-19-13-35(3)27-43(49)44-28-36(4)14-20-50(44)61)31-47(53)48-32-42(18-24-54(48)63)62-51-21-15-37(5)29-45(51)46-30-38(6)16-22-52(46)62/h7-32H,1-6H3. The molecule has 0 amide bonds. The first-order chi connectivity index (χ1) is 30.6. The summed E-state index contributed by atoms with van der Waals surface area (Å²) in [4.78, 5) is 15.7. The Balaban J connectivity index is 1.18. The second-order valence-corrected chi connectivity index (χ2v) is 17.5. The highest BCUT2D eigenvalue weighted by Crippen LogP contribution is 2.40. The van der Waals surface area contributed by atoms with E-state index in [2.05, 4.69) is 213 Å². The van der Waals surface area contributed by atoms with Crippen LogP contribution >= 0.6 is 0 Å². The Morgan fingerprint density at radius 3 is 0.968 bits per heavy atom. The van der Waals surface area contributed by atoms with E-state index in [4.69, 9.17) is 15.0 Å². The minimum Gasteiger partial charge on any atom is -0.309 e. The monoisotopic (exact) mass is 812 g/mol. The Kier molecular flexibility index (Phi) is 8.13. The van der Waals surface area contributed by atoms with Crippen molar-refractivity contribution in [3.8, 4) is 40.1 Å². The van der Waals surface area contributed by atoms with Gasteiger partial charge in [0.1, 0.15) is 0 Å². The van der Waals surface area contributed by atoms with E-state index in [1.165, 1.54) is 65.9 Å². The molecule has 0 aliphatic carbocycles. The van der Waals surface area contributed by atoms with Crippen molar-refractivity contribution in [3.63, 3.8) is 0 Å². The molecular formula is C57H44N6. The first-order valence-electron chi connectivity index (χ1n) is 21.7. The lowest BCUT2D eigenvalue weighted by Crippen LogP contribution is -2.06. The Morgan fingerprint density at radius 2 is 0.603 bits per heavy atom. The van der Waals surface area contributed by atoms with Crippen LogP contribution in [0.3, 0.4) is 0 Å². The van der Waals surface area contributed by atoms with Crippen LogP contribution in [0.5, 0.6) is 0 Å². The van der Waals surface area contributed by atoms with Gasteiger partial charge in [0.15, 0.2) is 11.6 Å². The van der Waals surface area contributed by atoms with E-state index in [-0.39, 0.29) is 0 Å². The van der Waals surface area contributed by atoms with Crippen LogP contribution in [0.15, 0.2) is 158 Å². The number of aryl methyl sites for hydroxylation is 6. The third-order valence-corrected chi connectivity index (χ3v) is 12.8. The molecule has 0 saturated carbocycles. The minimum atomic E-state index is 0.573. The summed E-state index contributed by atoms with van der Waals surface area (Å²) in [5.74, 6) is 1.84. The smallest absolute Gasteiger partial charge is 0.238 e. The lowest BCUT2D eigenvalue weighted by Gasteiger charge is -2.12. The molecule has 8 aromatic carbocycles. The molecule has 4 aromatic heterocycles. The fraction of sp³-hybridized carbons (Fsp3) is 0.105. The zero-order valence-electron chi connectivity index (χ0n) is 36.2. The minimum absolute atomic E-state index is 0.573. The summed E-state index contributed by atoms with van der Waals surface area (Å²) in [6, 6.07) is 57.7. The SMILES string of the molecule is Cc1cccc(-c2nc(-c3cccc(C)c3)nc(-n3c4ccc(-n5c6ccc(C)cc6c6cc(C)ccc65)cc4c4cc(-n5c6ccc(C)cc6c6cc(C)ccc65)ccc43)n2)c1. The van der Waals surface area contributed by atoms with Gasteiger partial charge < -0.3 is 9.13 Å². The lowest BCUT2D eigenvalue weighted by molar-refractivity contribution is 0.952. The van der Waals surface area contributed by atoms with Crippen molar-refractivity contribution in [1.29, 1.82) is 0 Å². The fourth-order valence-electron chi connectivity index (χ4n) is 9.84. The van der Waals surface area contributed by atoms with Crippen molar-refractivity contribution < 1.29 is 0 Å². The summed E-state index contributed by atoms with van der Waals surface area (Å²) in [6.45, 7) is 12.9. The molecule has 0 N–H and O–H groups in total. The average Bonchev–Trinajstić information content (AvgIpc) is 3.90. The zero-order valence-corrected chi connectivity index (χ0v) is 36.2. The molecule has 12 aromatic rings. The molecule has 0 unspecified atom stereocenters. The average molecular weight is 813 g/mol. The van der Waals surface area contributed by atoms with Gasteiger partial charge in [-0.15, -0.1) is 0 Å². The quantitative estimate of drug-likeness (QED) is 0.174. The number of aromatic nitrogens is 6. The first kappa shape index (κ1) is 37.0. The Bertz CT molecular complexity index is 3510. The lowest BCUT2D eigenvalue weighted by atomic mass is 10.1. The number of hydrogen-bond donors (Lipinski definition) is 0. The van der Waals surface area contributed by atoms with E-state index in [0.29, 0.717) is 17.6 Å². The molecule has 0 spiro atoms. The molecule has 0 radical (unpaired) electrons. The van der Waals surface area contributed by atoms with E-state index >= 15 is 0 Å². The van der Waals surface area contributed by atoms with Crippen LogP contribution in [0.25, 0.3) is 106 Å². The largest absolute Gasteiger partial charge is 0.309 e. The first-order valence-corrected chi connectivity index (χ1v) is 21.7. The van der Waals surface area contributed by atoms with Crippen molar-refractivity contribution >= 4 is 65.4 Å². The highest BCUT2D eigenvalue weighted by atomic mass is 15.2. The number of rotatable bonds is 5. The van der Waals surface area contributed by atoms with Crippen molar-refractivity contribution in [1.82, 2.24) is 28.7 Å². The van der Waals surface area contributed by atoms with Crippen LogP contribution in [0.1, 0.15) is 33.4 Å². The van der Waals surface area contributed by atoms with Gasteiger partial charge in [-0.3, -0.25) is 4.57 Å². The normalized spacial score (nSPS) is 12.0. The molecule has 302 valence electrons. The summed E-state index contributed by atoms with van der Waals surface area (Å²) in [5, 5.41) is 7.25. The molecule has 6 nitrogen and oxygen atoms in total. The topological polar surface area (TPSA) is 53.5 Å². The molecule has 0 aliphatic heterocycles. The molecule has 12 rings (SSSR count). The van der Waals surface area contributed by atoms with Crippen molar-refractivity contribution in [2.45, 2.75) is 41.5 Å². The predicted octanol–water partition coefficient (Wildman–Crippen LogP) is 14.3. The van der Waals surface area contributed by atoms with Gasteiger partial charge in [0.05, 0.1) is 33.1 Å². The van der Waals surface area contributed by atoms with E-state index in [0.717, 1.165) is 55.4 Å². The molecule has 0 bridgehead atoms. The summed E-state index contributed by atoms with van der Waals surface area (Å²) >= 11 is 0. The van der Waals surface area contributed by atoms with Gasteiger partial charge in [0.25, 0.3) is 0 Å². The van der Waals surface area contributed by atoms with Gasteiger partial charge in [-0.2, -0.15) is 9.97 Å². The van der Waals surface area contributed by atoms with Crippen LogP contribution < -0.4 is 0 Å². The van der Waals surface area contributed by atoms with Gasteiger partial charge in [-0.25, -0.2) is 4.98 Å². The van der Waals surface area contributed by atoms with Gasteiger partial charge >= 0.3 is 0 Å². The van der Waals surface area contributed by atoms with Crippen molar-refractivity contribution in [2.24, 2.45) is 0 Å². The number of hydrogen-bond acceptors (Lipinski definition) is 3.